The first-order valence-corrected chi connectivity index (χ1v) is 11.6. The molecule has 2 amide bonds. The monoisotopic (exact) mass is 522 g/mol. The van der Waals surface area contributed by atoms with E-state index in [-0.39, 0.29) is 30.2 Å². The summed E-state index contributed by atoms with van der Waals surface area (Å²) < 4.78 is 6.21. The second-order valence-corrected chi connectivity index (χ2v) is 8.83. The highest BCUT2D eigenvalue weighted by Crippen LogP contribution is 2.44. The maximum Gasteiger partial charge on any atom is 0.411 e. The van der Waals surface area contributed by atoms with Crippen LogP contribution in [0.4, 0.5) is 10.5 Å². The van der Waals surface area contributed by atoms with Gasteiger partial charge in [0.05, 0.1) is 11.3 Å². The number of fused-ring (bicyclic) bond motifs is 3. The van der Waals surface area contributed by atoms with Gasteiger partial charge in [-0.1, -0.05) is 71.4 Å². The third-order valence-corrected chi connectivity index (χ3v) is 6.31. The van der Waals surface area contributed by atoms with Crippen molar-refractivity contribution in [1.82, 2.24) is 5.32 Å². The zero-order valence-electron chi connectivity index (χ0n) is 18.4. The van der Waals surface area contributed by atoms with Crippen LogP contribution in [0.5, 0.6) is 0 Å². The molecule has 8 heteroatoms. The van der Waals surface area contributed by atoms with Crippen LogP contribution in [0.25, 0.3) is 11.1 Å². The second kappa shape index (κ2) is 10.1. The van der Waals surface area contributed by atoms with Gasteiger partial charge in [-0.05, 0) is 46.9 Å². The summed E-state index contributed by atoms with van der Waals surface area (Å²) in [5.41, 5.74) is 4.79. The Morgan fingerprint density at radius 2 is 1.62 bits per heavy atom. The van der Waals surface area contributed by atoms with Crippen molar-refractivity contribution >= 4 is 39.6 Å². The number of rotatable bonds is 7. The lowest BCUT2D eigenvalue weighted by molar-refractivity contribution is -0.139. The Bertz CT molecular complexity index is 1210. The fraction of sp³-hybridized carbons (Fsp3) is 0.192. The van der Waals surface area contributed by atoms with Crippen molar-refractivity contribution in [2.24, 2.45) is 0 Å². The van der Waals surface area contributed by atoms with Crippen LogP contribution in [-0.2, 0) is 9.53 Å². The highest BCUT2D eigenvalue weighted by atomic mass is 79.9. The van der Waals surface area contributed by atoms with E-state index < -0.39 is 24.0 Å². The molecule has 174 valence electrons. The number of carbonyl (C=O) groups is 3. The van der Waals surface area contributed by atoms with E-state index in [0.717, 1.165) is 22.3 Å². The van der Waals surface area contributed by atoms with Gasteiger partial charge in [0.25, 0.3) is 5.91 Å². The number of amides is 2. The molecular formula is C26H23BrN2O5. The zero-order valence-corrected chi connectivity index (χ0v) is 20.0. The van der Waals surface area contributed by atoms with Crippen LogP contribution >= 0.6 is 15.9 Å². The van der Waals surface area contributed by atoms with Crippen LogP contribution in [0.3, 0.4) is 0 Å². The summed E-state index contributed by atoms with van der Waals surface area (Å²) in [4.78, 5) is 36.7. The Balaban J connectivity index is 1.48. The van der Waals surface area contributed by atoms with Crippen LogP contribution in [0, 0.1) is 0 Å². The number of carboxylic acid groups (broad SMARTS) is 1. The fourth-order valence-corrected chi connectivity index (χ4v) is 4.50. The zero-order chi connectivity index (χ0) is 24.2. The van der Waals surface area contributed by atoms with Gasteiger partial charge in [0, 0.05) is 10.4 Å². The van der Waals surface area contributed by atoms with E-state index in [0.29, 0.717) is 4.47 Å². The Hall–Kier alpha value is -3.65. The molecule has 3 aromatic rings. The molecule has 4 rings (SSSR count). The standard InChI is InChI=1S/C26H23BrN2O5/c1-2-22(25(31)32)28-24(30)20-12-11-15(27)13-23(20)29-26(33)34-14-21-18-9-5-3-7-16(18)17-8-4-6-10-19(17)21/h3-13,21-22H,2,14H2,1H3,(H,28,30)(H,29,33)(H,31,32). The number of nitrogens with one attached hydrogen (secondary N) is 2. The maximum absolute atomic E-state index is 12.7. The van der Waals surface area contributed by atoms with Gasteiger partial charge in [0.15, 0.2) is 0 Å². The van der Waals surface area contributed by atoms with Gasteiger partial charge in [0.1, 0.15) is 12.6 Å². The number of hydrogen-bond donors (Lipinski definition) is 3. The summed E-state index contributed by atoms with van der Waals surface area (Å²) >= 11 is 3.33. The van der Waals surface area contributed by atoms with Crippen molar-refractivity contribution in [1.29, 1.82) is 0 Å². The molecule has 34 heavy (non-hydrogen) atoms. The average molecular weight is 523 g/mol. The molecule has 7 nitrogen and oxygen atoms in total. The molecule has 1 atom stereocenters. The lowest BCUT2D eigenvalue weighted by Crippen LogP contribution is -2.40. The van der Waals surface area contributed by atoms with Gasteiger partial charge < -0.3 is 15.2 Å². The molecule has 0 aliphatic heterocycles. The molecule has 0 fully saturated rings. The minimum absolute atomic E-state index is 0.0932. The summed E-state index contributed by atoms with van der Waals surface area (Å²) in [6, 6.07) is 19.8. The van der Waals surface area contributed by atoms with Crippen molar-refractivity contribution in [3.8, 4) is 11.1 Å². The maximum atomic E-state index is 12.7. The van der Waals surface area contributed by atoms with Gasteiger partial charge in [-0.15, -0.1) is 0 Å². The van der Waals surface area contributed by atoms with E-state index in [9.17, 15) is 19.5 Å². The lowest BCUT2D eigenvalue weighted by Gasteiger charge is -2.17. The summed E-state index contributed by atoms with van der Waals surface area (Å²) in [7, 11) is 0. The van der Waals surface area contributed by atoms with Crippen LogP contribution in [0.1, 0.15) is 40.7 Å². The van der Waals surface area contributed by atoms with Crippen LogP contribution in [-0.4, -0.2) is 35.7 Å². The molecule has 3 aromatic carbocycles. The van der Waals surface area contributed by atoms with Crippen molar-refractivity contribution in [2.45, 2.75) is 25.3 Å². The lowest BCUT2D eigenvalue weighted by atomic mass is 9.98. The van der Waals surface area contributed by atoms with Crippen molar-refractivity contribution in [2.75, 3.05) is 11.9 Å². The molecule has 1 unspecified atom stereocenters. The number of benzene rings is 3. The van der Waals surface area contributed by atoms with Crippen LogP contribution in [0.15, 0.2) is 71.2 Å². The molecule has 1 aliphatic carbocycles. The number of aliphatic carboxylic acids is 1. The summed E-state index contributed by atoms with van der Waals surface area (Å²) in [6.45, 7) is 1.79. The number of ether oxygens (including phenoxy) is 1. The van der Waals surface area contributed by atoms with Gasteiger partial charge in [-0.2, -0.15) is 0 Å². The molecule has 0 aromatic heterocycles. The molecule has 3 N–H and O–H groups in total. The highest BCUT2D eigenvalue weighted by Gasteiger charge is 2.29. The minimum atomic E-state index is -1.13. The molecule has 0 saturated heterocycles. The third-order valence-electron chi connectivity index (χ3n) is 5.82. The molecule has 1 aliphatic rings. The SMILES string of the molecule is CCC(NC(=O)c1ccc(Br)cc1NC(=O)OCC1c2ccccc2-c2ccccc21)C(=O)O. The molecular weight excluding hydrogens is 500 g/mol. The first-order valence-electron chi connectivity index (χ1n) is 10.8. The van der Waals surface area contributed by atoms with E-state index in [1.807, 2.05) is 36.4 Å². The Morgan fingerprint density at radius 1 is 1.00 bits per heavy atom. The summed E-state index contributed by atoms with van der Waals surface area (Å²) in [6.07, 6.45) is -0.480. The summed E-state index contributed by atoms with van der Waals surface area (Å²) in [5.74, 6) is -1.82. The third kappa shape index (κ3) is 4.82. The van der Waals surface area contributed by atoms with Gasteiger partial charge in [0.2, 0.25) is 0 Å². The van der Waals surface area contributed by atoms with Crippen LogP contribution in [0.2, 0.25) is 0 Å². The Morgan fingerprint density at radius 3 is 2.21 bits per heavy atom. The fourth-order valence-electron chi connectivity index (χ4n) is 4.14. The predicted octanol–water partition coefficient (Wildman–Crippen LogP) is 5.40. The predicted molar refractivity (Wildman–Crippen MR) is 132 cm³/mol. The van der Waals surface area contributed by atoms with Crippen LogP contribution < -0.4 is 10.6 Å². The second-order valence-electron chi connectivity index (χ2n) is 7.91. The number of hydrogen-bond acceptors (Lipinski definition) is 4. The largest absolute Gasteiger partial charge is 0.480 e. The quantitative estimate of drug-likeness (QED) is 0.385. The molecule has 0 spiro atoms. The van der Waals surface area contributed by atoms with E-state index >= 15 is 0 Å². The van der Waals surface area contributed by atoms with Gasteiger partial charge in [-0.3, -0.25) is 10.1 Å². The number of carboxylic acids is 1. The topological polar surface area (TPSA) is 105 Å². The van der Waals surface area contributed by atoms with Crippen molar-refractivity contribution < 1.29 is 24.2 Å². The van der Waals surface area contributed by atoms with E-state index in [1.165, 1.54) is 6.07 Å². The van der Waals surface area contributed by atoms with Gasteiger partial charge in [-0.25, -0.2) is 9.59 Å². The smallest absolute Gasteiger partial charge is 0.411 e. The Labute approximate surface area is 205 Å². The Kier molecular flexibility index (Phi) is 6.98. The first kappa shape index (κ1) is 23.5. The first-order chi connectivity index (χ1) is 16.4. The highest BCUT2D eigenvalue weighted by molar-refractivity contribution is 9.10. The normalized spacial score (nSPS) is 12.9. The molecule has 0 radical (unpaired) electrons. The van der Waals surface area contributed by atoms with Gasteiger partial charge >= 0.3 is 12.1 Å². The molecule has 0 bridgehead atoms. The van der Waals surface area contributed by atoms with E-state index in [4.69, 9.17) is 4.74 Å². The molecule has 0 saturated carbocycles. The number of halogens is 1. The minimum Gasteiger partial charge on any atom is -0.480 e. The summed E-state index contributed by atoms with van der Waals surface area (Å²) in [5, 5.41) is 14.3. The van der Waals surface area contributed by atoms with E-state index in [2.05, 4.69) is 38.7 Å². The number of anilines is 1. The van der Waals surface area contributed by atoms with Crippen molar-refractivity contribution in [3.05, 3.63) is 87.9 Å². The van der Waals surface area contributed by atoms with E-state index in [1.54, 1.807) is 19.1 Å². The average Bonchev–Trinajstić information content (AvgIpc) is 3.14. The van der Waals surface area contributed by atoms with Crippen molar-refractivity contribution in [3.63, 3.8) is 0 Å². The number of carbonyl (C=O) groups excluding carboxylic acids is 2. The molecule has 0 heterocycles.